The molecule has 0 bridgehead atoms. The molecule has 0 aliphatic carbocycles. The van der Waals surface area contributed by atoms with E-state index in [0.29, 0.717) is 12.1 Å². The first-order chi connectivity index (χ1) is 11.3. The number of amides is 1. The number of rotatable bonds is 6. The lowest BCUT2D eigenvalue weighted by molar-refractivity contribution is -0.120. The van der Waals surface area contributed by atoms with Gasteiger partial charge in [-0.1, -0.05) is 44.2 Å². The van der Waals surface area contributed by atoms with Gasteiger partial charge in [-0.15, -0.1) is 0 Å². The zero-order valence-electron chi connectivity index (χ0n) is 13.7. The second-order valence-electron chi connectivity index (χ2n) is 6.31. The van der Waals surface area contributed by atoms with E-state index in [1.807, 2.05) is 13.8 Å². The summed E-state index contributed by atoms with van der Waals surface area (Å²) in [4.78, 5) is 23.3. The van der Waals surface area contributed by atoms with Gasteiger partial charge >= 0.3 is 5.97 Å². The van der Waals surface area contributed by atoms with E-state index >= 15 is 0 Å². The monoisotopic (exact) mass is 329 g/mol. The van der Waals surface area contributed by atoms with E-state index in [1.54, 1.807) is 30.3 Å². The molecule has 5 heteroatoms. The minimum atomic E-state index is -1.05. The van der Waals surface area contributed by atoms with Crippen molar-refractivity contribution >= 4 is 11.9 Å². The van der Waals surface area contributed by atoms with Crippen molar-refractivity contribution in [3.8, 4) is 0 Å². The van der Waals surface area contributed by atoms with Crippen molar-refractivity contribution in [3.05, 3.63) is 71.0 Å². The summed E-state index contributed by atoms with van der Waals surface area (Å²) in [5.41, 5.74) is 1.15. The molecule has 0 radical (unpaired) electrons. The fourth-order valence-corrected chi connectivity index (χ4v) is 2.44. The topological polar surface area (TPSA) is 66.4 Å². The smallest absolute Gasteiger partial charge is 0.335 e. The first-order valence-electron chi connectivity index (χ1n) is 7.63. The number of carboxylic acids is 1. The van der Waals surface area contributed by atoms with Gasteiger partial charge in [0.25, 0.3) is 0 Å². The van der Waals surface area contributed by atoms with Crippen LogP contribution in [0.3, 0.4) is 0 Å². The van der Waals surface area contributed by atoms with Crippen LogP contribution in [0.25, 0.3) is 0 Å². The average Bonchev–Trinajstić information content (AvgIpc) is 2.54. The van der Waals surface area contributed by atoms with Gasteiger partial charge in [-0.2, -0.15) is 0 Å². The number of carboxylic acid groups (broad SMARTS) is 1. The molecule has 0 saturated carbocycles. The lowest BCUT2D eigenvalue weighted by Crippen LogP contribution is -2.37. The van der Waals surface area contributed by atoms with Crippen molar-refractivity contribution in [3.63, 3.8) is 0 Å². The van der Waals surface area contributed by atoms with Crippen LogP contribution in [0.1, 0.15) is 35.3 Å². The van der Waals surface area contributed by atoms with E-state index in [-0.39, 0.29) is 29.1 Å². The molecule has 0 aliphatic rings. The minimum Gasteiger partial charge on any atom is -0.478 e. The summed E-state index contributed by atoms with van der Waals surface area (Å²) in [7, 11) is 0. The Morgan fingerprint density at radius 2 is 1.71 bits per heavy atom. The van der Waals surface area contributed by atoms with Crippen LogP contribution < -0.4 is 5.32 Å². The molecular weight excluding hydrogens is 309 g/mol. The van der Waals surface area contributed by atoms with Crippen molar-refractivity contribution in [1.29, 1.82) is 0 Å². The predicted octanol–water partition coefficient (Wildman–Crippen LogP) is 3.16. The molecule has 0 aliphatic heterocycles. The van der Waals surface area contributed by atoms with Crippen LogP contribution in [-0.2, 0) is 16.6 Å². The Morgan fingerprint density at radius 1 is 1.08 bits per heavy atom. The Labute approximate surface area is 140 Å². The number of hydrogen-bond donors (Lipinski definition) is 2. The van der Waals surface area contributed by atoms with E-state index < -0.39 is 5.97 Å². The van der Waals surface area contributed by atoms with E-state index in [1.165, 1.54) is 18.2 Å². The highest BCUT2D eigenvalue weighted by molar-refractivity contribution is 5.91. The van der Waals surface area contributed by atoms with Gasteiger partial charge in [0.15, 0.2) is 0 Å². The molecular formula is C19H20FNO3. The number of carbonyl (C=O) groups excluding carboxylic acids is 1. The Balaban J connectivity index is 2.00. The number of aromatic carboxylic acids is 1. The molecule has 24 heavy (non-hydrogen) atoms. The van der Waals surface area contributed by atoms with Crippen LogP contribution in [0.2, 0.25) is 0 Å². The molecule has 0 spiro atoms. The first kappa shape index (κ1) is 17.7. The van der Waals surface area contributed by atoms with Crippen molar-refractivity contribution in [2.45, 2.75) is 25.7 Å². The molecule has 126 valence electrons. The highest BCUT2D eigenvalue weighted by Crippen LogP contribution is 2.22. The molecule has 4 nitrogen and oxygen atoms in total. The lowest BCUT2D eigenvalue weighted by Gasteiger charge is -2.25. The van der Waals surface area contributed by atoms with E-state index in [9.17, 15) is 14.0 Å². The highest BCUT2D eigenvalue weighted by Gasteiger charge is 2.22. The molecule has 0 atom stereocenters. The van der Waals surface area contributed by atoms with Crippen LogP contribution in [0, 0.1) is 5.82 Å². The Morgan fingerprint density at radius 3 is 2.33 bits per heavy atom. The maximum atomic E-state index is 13.0. The molecule has 2 aromatic carbocycles. The quantitative estimate of drug-likeness (QED) is 0.855. The summed E-state index contributed by atoms with van der Waals surface area (Å²) < 4.78 is 13.0. The largest absolute Gasteiger partial charge is 0.478 e. The number of carbonyl (C=O) groups is 2. The standard InChI is InChI=1S/C19H20FNO3/c1-19(2,14-7-9-15(20)10-8-14)12-21-17(22)11-13-5-3-4-6-16(13)18(23)24/h3-10H,11-12H2,1-2H3,(H,21,22)(H,23,24). The maximum absolute atomic E-state index is 13.0. The van der Waals surface area contributed by atoms with Crippen LogP contribution >= 0.6 is 0 Å². The molecule has 1 amide bonds. The summed E-state index contributed by atoms with van der Waals surface area (Å²) >= 11 is 0. The molecule has 0 saturated heterocycles. The third-order valence-corrected chi connectivity index (χ3v) is 3.95. The number of halogens is 1. The van der Waals surface area contributed by atoms with Gasteiger partial charge in [-0.25, -0.2) is 9.18 Å². The van der Waals surface area contributed by atoms with E-state index in [2.05, 4.69) is 5.32 Å². The summed E-state index contributed by atoms with van der Waals surface area (Å²) in [6.07, 6.45) is 0.00196. The van der Waals surface area contributed by atoms with Crippen LogP contribution in [0.15, 0.2) is 48.5 Å². The zero-order chi connectivity index (χ0) is 17.7. The maximum Gasteiger partial charge on any atom is 0.335 e. The van der Waals surface area contributed by atoms with Crippen LogP contribution in [-0.4, -0.2) is 23.5 Å². The van der Waals surface area contributed by atoms with E-state index in [4.69, 9.17) is 5.11 Å². The van der Waals surface area contributed by atoms with Crippen molar-refractivity contribution in [1.82, 2.24) is 5.32 Å². The second-order valence-corrected chi connectivity index (χ2v) is 6.31. The van der Waals surface area contributed by atoms with Gasteiger partial charge < -0.3 is 10.4 Å². The molecule has 0 unspecified atom stereocenters. The first-order valence-corrected chi connectivity index (χ1v) is 7.63. The normalized spacial score (nSPS) is 11.1. The second kappa shape index (κ2) is 7.25. The number of benzene rings is 2. The van der Waals surface area contributed by atoms with Gasteiger partial charge in [-0.05, 0) is 29.3 Å². The zero-order valence-corrected chi connectivity index (χ0v) is 13.7. The summed E-state index contributed by atoms with van der Waals surface area (Å²) in [6, 6.07) is 12.6. The van der Waals surface area contributed by atoms with Crippen molar-refractivity contribution in [2.75, 3.05) is 6.54 Å². The minimum absolute atomic E-state index is 0.00196. The van der Waals surface area contributed by atoms with E-state index in [0.717, 1.165) is 5.56 Å². The molecule has 2 N–H and O–H groups in total. The van der Waals surface area contributed by atoms with Crippen molar-refractivity contribution < 1.29 is 19.1 Å². The van der Waals surface area contributed by atoms with Gasteiger partial charge in [-0.3, -0.25) is 4.79 Å². The molecule has 0 aromatic heterocycles. The average molecular weight is 329 g/mol. The molecule has 0 fully saturated rings. The summed E-state index contributed by atoms with van der Waals surface area (Å²) in [6.45, 7) is 4.27. The van der Waals surface area contributed by atoms with Crippen LogP contribution in [0.4, 0.5) is 4.39 Å². The predicted molar refractivity (Wildman–Crippen MR) is 89.5 cm³/mol. The number of nitrogens with one attached hydrogen (secondary N) is 1. The number of hydrogen-bond acceptors (Lipinski definition) is 2. The third-order valence-electron chi connectivity index (χ3n) is 3.95. The van der Waals surface area contributed by atoms with Gasteiger partial charge in [0.05, 0.1) is 12.0 Å². The molecule has 2 rings (SSSR count). The van der Waals surface area contributed by atoms with Crippen LogP contribution in [0.5, 0.6) is 0 Å². The Bertz CT molecular complexity index is 739. The third kappa shape index (κ3) is 4.41. The fraction of sp³-hybridized carbons (Fsp3) is 0.263. The fourth-order valence-electron chi connectivity index (χ4n) is 2.44. The van der Waals surface area contributed by atoms with Crippen molar-refractivity contribution in [2.24, 2.45) is 0 Å². The van der Waals surface area contributed by atoms with Gasteiger partial charge in [0.2, 0.25) is 5.91 Å². The highest BCUT2D eigenvalue weighted by atomic mass is 19.1. The van der Waals surface area contributed by atoms with Gasteiger partial charge in [0, 0.05) is 12.0 Å². The summed E-state index contributed by atoms with van der Waals surface area (Å²) in [5, 5.41) is 12.0. The Kier molecular flexibility index (Phi) is 5.34. The van der Waals surface area contributed by atoms with Gasteiger partial charge in [0.1, 0.15) is 5.82 Å². The Hall–Kier alpha value is -2.69. The lowest BCUT2D eigenvalue weighted by atomic mass is 9.84. The summed E-state index contributed by atoms with van der Waals surface area (Å²) in [5.74, 6) is -1.60. The molecule has 2 aromatic rings. The molecule has 0 heterocycles. The SMILES string of the molecule is CC(C)(CNC(=O)Cc1ccccc1C(=O)O)c1ccc(F)cc1.